The number of benzene rings is 2. The summed E-state index contributed by atoms with van der Waals surface area (Å²) in [6.45, 7) is 1.07. The minimum Gasteiger partial charge on any atom is -0.481 e. The molecule has 2 unspecified atom stereocenters. The van der Waals surface area contributed by atoms with Crippen molar-refractivity contribution < 1.29 is 14.3 Å². The fourth-order valence-corrected chi connectivity index (χ4v) is 3.72. The van der Waals surface area contributed by atoms with Crippen LogP contribution >= 0.6 is 23.2 Å². The maximum atomic E-state index is 14.5. The van der Waals surface area contributed by atoms with Gasteiger partial charge in [-0.2, -0.15) is 0 Å². The lowest BCUT2D eigenvalue weighted by molar-refractivity contribution is -0.143. The Kier molecular flexibility index (Phi) is 5.62. The van der Waals surface area contributed by atoms with E-state index < -0.39 is 17.9 Å². The molecular formula is C19H18Cl2FNO2. The molecule has 1 aliphatic heterocycles. The van der Waals surface area contributed by atoms with Crippen molar-refractivity contribution in [3.05, 3.63) is 69.5 Å². The molecule has 0 amide bonds. The molecule has 1 N–H and O–H groups in total. The number of carboxylic acids is 1. The van der Waals surface area contributed by atoms with Crippen molar-refractivity contribution in [2.75, 3.05) is 13.1 Å². The van der Waals surface area contributed by atoms with E-state index >= 15 is 0 Å². The number of rotatable bonds is 4. The molecule has 0 saturated carbocycles. The zero-order valence-corrected chi connectivity index (χ0v) is 15.0. The van der Waals surface area contributed by atoms with Crippen LogP contribution in [0, 0.1) is 11.7 Å². The van der Waals surface area contributed by atoms with Crippen molar-refractivity contribution in [3.63, 3.8) is 0 Å². The van der Waals surface area contributed by atoms with Gasteiger partial charge in [0.05, 0.1) is 22.0 Å². The van der Waals surface area contributed by atoms with Gasteiger partial charge in [0, 0.05) is 12.1 Å². The van der Waals surface area contributed by atoms with Crippen LogP contribution in [0.4, 0.5) is 4.39 Å². The van der Waals surface area contributed by atoms with Gasteiger partial charge in [-0.1, -0.05) is 47.5 Å². The average molecular weight is 382 g/mol. The summed E-state index contributed by atoms with van der Waals surface area (Å²) in [6.07, 6.45) is 1.39. The zero-order chi connectivity index (χ0) is 18.0. The van der Waals surface area contributed by atoms with E-state index in [2.05, 4.69) is 0 Å². The normalized spacial score (nSPS) is 19.6. The molecule has 1 fully saturated rings. The van der Waals surface area contributed by atoms with E-state index in [1.807, 2.05) is 11.0 Å². The quantitative estimate of drug-likeness (QED) is 0.808. The van der Waals surface area contributed by atoms with Gasteiger partial charge in [0.25, 0.3) is 0 Å². The molecule has 0 aromatic heterocycles. The molecule has 0 bridgehead atoms. The van der Waals surface area contributed by atoms with Crippen molar-refractivity contribution in [2.24, 2.45) is 5.92 Å². The standard InChI is InChI=1S/C19H18Cl2FNO2/c20-15-8-7-12(10-16(15)21)18(14-5-1-2-6-17(14)22)23-9-3-4-13(11-23)19(24)25/h1-2,5-8,10,13,18H,3-4,9,11H2,(H,24,25). The van der Waals surface area contributed by atoms with Gasteiger partial charge in [0.15, 0.2) is 0 Å². The number of likely N-dealkylation sites (tertiary alicyclic amines) is 1. The predicted molar refractivity (Wildman–Crippen MR) is 96.6 cm³/mol. The molecular weight excluding hydrogens is 364 g/mol. The summed E-state index contributed by atoms with van der Waals surface area (Å²) in [5.74, 6) is -1.59. The summed E-state index contributed by atoms with van der Waals surface area (Å²) in [5, 5.41) is 10.2. The Labute approximate surface area is 156 Å². The number of hydrogen-bond acceptors (Lipinski definition) is 2. The second-order valence-corrected chi connectivity index (χ2v) is 7.08. The predicted octanol–water partition coefficient (Wildman–Crippen LogP) is 5.02. The van der Waals surface area contributed by atoms with Crippen LogP contribution in [0.3, 0.4) is 0 Å². The number of carbonyl (C=O) groups is 1. The van der Waals surface area contributed by atoms with Crippen LogP contribution in [0.1, 0.15) is 30.0 Å². The molecule has 2 aromatic rings. The maximum absolute atomic E-state index is 14.5. The van der Waals surface area contributed by atoms with E-state index in [0.29, 0.717) is 35.1 Å². The highest BCUT2D eigenvalue weighted by atomic mass is 35.5. The molecule has 0 aliphatic carbocycles. The van der Waals surface area contributed by atoms with Crippen LogP contribution in [0.25, 0.3) is 0 Å². The van der Waals surface area contributed by atoms with Gasteiger partial charge in [-0.05, 0) is 43.1 Å². The zero-order valence-electron chi connectivity index (χ0n) is 13.5. The molecule has 3 nitrogen and oxygen atoms in total. The first-order valence-electron chi connectivity index (χ1n) is 8.13. The van der Waals surface area contributed by atoms with Crippen LogP contribution < -0.4 is 0 Å². The number of nitrogens with zero attached hydrogens (tertiary/aromatic N) is 1. The Balaban J connectivity index is 2.04. The Morgan fingerprint density at radius 1 is 1.20 bits per heavy atom. The molecule has 132 valence electrons. The van der Waals surface area contributed by atoms with Crippen LogP contribution in [-0.2, 0) is 4.79 Å². The lowest BCUT2D eigenvalue weighted by Crippen LogP contribution is -2.41. The molecule has 25 heavy (non-hydrogen) atoms. The van der Waals surface area contributed by atoms with E-state index in [1.165, 1.54) is 6.07 Å². The third-order valence-corrected chi connectivity index (χ3v) is 5.37. The molecule has 2 aromatic carbocycles. The first kappa shape index (κ1) is 18.2. The van der Waals surface area contributed by atoms with Gasteiger partial charge in [-0.3, -0.25) is 9.69 Å². The highest BCUT2D eigenvalue weighted by Gasteiger charge is 2.32. The fraction of sp³-hybridized carbons (Fsp3) is 0.316. The second kappa shape index (κ2) is 7.73. The molecule has 0 spiro atoms. The first-order chi connectivity index (χ1) is 12.0. The van der Waals surface area contributed by atoms with Crippen LogP contribution in [-0.4, -0.2) is 29.1 Å². The Morgan fingerprint density at radius 3 is 2.64 bits per heavy atom. The number of halogens is 3. The number of aliphatic carboxylic acids is 1. The summed E-state index contributed by atoms with van der Waals surface area (Å²) in [4.78, 5) is 13.4. The molecule has 3 rings (SSSR count). The summed E-state index contributed by atoms with van der Waals surface area (Å²) in [5.41, 5.74) is 1.30. The van der Waals surface area contributed by atoms with E-state index in [1.54, 1.807) is 30.3 Å². The minimum absolute atomic E-state index is 0.323. The number of piperidine rings is 1. The average Bonchev–Trinajstić information content (AvgIpc) is 2.60. The third-order valence-electron chi connectivity index (χ3n) is 4.63. The maximum Gasteiger partial charge on any atom is 0.307 e. The fourth-order valence-electron chi connectivity index (χ4n) is 3.41. The Hall–Kier alpha value is -1.62. The van der Waals surface area contributed by atoms with Gasteiger partial charge >= 0.3 is 5.97 Å². The largest absolute Gasteiger partial charge is 0.481 e. The van der Waals surface area contributed by atoms with Crippen molar-refractivity contribution in [1.82, 2.24) is 4.90 Å². The summed E-state index contributed by atoms with van der Waals surface area (Å²) >= 11 is 12.2. The van der Waals surface area contributed by atoms with E-state index in [4.69, 9.17) is 23.2 Å². The molecule has 1 heterocycles. The summed E-state index contributed by atoms with van der Waals surface area (Å²) in [6, 6.07) is 11.4. The van der Waals surface area contributed by atoms with Gasteiger partial charge in [0.2, 0.25) is 0 Å². The lowest BCUT2D eigenvalue weighted by atomic mass is 9.91. The molecule has 0 radical (unpaired) electrons. The SMILES string of the molecule is O=C(O)C1CCCN(C(c2ccc(Cl)c(Cl)c2)c2ccccc2F)C1. The number of hydrogen-bond donors (Lipinski definition) is 1. The molecule has 6 heteroatoms. The highest BCUT2D eigenvalue weighted by Crippen LogP contribution is 2.36. The van der Waals surface area contributed by atoms with Gasteiger partial charge < -0.3 is 5.11 Å². The lowest BCUT2D eigenvalue weighted by Gasteiger charge is -2.37. The van der Waals surface area contributed by atoms with E-state index in [0.717, 1.165) is 12.0 Å². The smallest absolute Gasteiger partial charge is 0.307 e. The Bertz CT molecular complexity index is 784. The van der Waals surface area contributed by atoms with Crippen molar-refractivity contribution in [1.29, 1.82) is 0 Å². The van der Waals surface area contributed by atoms with Crippen molar-refractivity contribution in [3.8, 4) is 0 Å². The summed E-state index contributed by atoms with van der Waals surface area (Å²) in [7, 11) is 0. The monoisotopic (exact) mass is 381 g/mol. The molecule has 2 atom stereocenters. The van der Waals surface area contributed by atoms with Crippen LogP contribution in [0.2, 0.25) is 10.0 Å². The van der Waals surface area contributed by atoms with Gasteiger partial charge in [-0.15, -0.1) is 0 Å². The second-order valence-electron chi connectivity index (χ2n) is 6.27. The summed E-state index contributed by atoms with van der Waals surface area (Å²) < 4.78 is 14.5. The first-order valence-corrected chi connectivity index (χ1v) is 8.89. The van der Waals surface area contributed by atoms with Crippen LogP contribution in [0.15, 0.2) is 42.5 Å². The molecule has 1 aliphatic rings. The third kappa shape index (κ3) is 3.97. The van der Waals surface area contributed by atoms with Crippen molar-refractivity contribution in [2.45, 2.75) is 18.9 Å². The van der Waals surface area contributed by atoms with Gasteiger partial charge in [-0.25, -0.2) is 4.39 Å². The van der Waals surface area contributed by atoms with Crippen molar-refractivity contribution >= 4 is 29.2 Å². The topological polar surface area (TPSA) is 40.5 Å². The van der Waals surface area contributed by atoms with E-state index in [-0.39, 0.29) is 5.82 Å². The highest BCUT2D eigenvalue weighted by molar-refractivity contribution is 6.42. The molecule has 1 saturated heterocycles. The van der Waals surface area contributed by atoms with E-state index in [9.17, 15) is 14.3 Å². The minimum atomic E-state index is -0.814. The number of carboxylic acid groups (broad SMARTS) is 1. The van der Waals surface area contributed by atoms with Gasteiger partial charge in [0.1, 0.15) is 5.82 Å². The Morgan fingerprint density at radius 2 is 1.96 bits per heavy atom. The van der Waals surface area contributed by atoms with Crippen LogP contribution in [0.5, 0.6) is 0 Å².